The first kappa shape index (κ1) is 14.7. The maximum Gasteiger partial charge on any atom is 0.220 e. The number of hydrogen-bond donors (Lipinski definition) is 0. The topological polar surface area (TPSA) is 47.5 Å². The van der Waals surface area contributed by atoms with Crippen LogP contribution in [-0.4, -0.2) is 41.7 Å². The van der Waals surface area contributed by atoms with Crippen LogP contribution in [0.25, 0.3) is 0 Å². The second-order valence-electron chi connectivity index (χ2n) is 5.11. The molecule has 0 saturated carbocycles. The Morgan fingerprint density at radius 1 is 1.27 bits per heavy atom. The molecule has 0 amide bonds. The molecular weight excluding hydrogens is 285 g/mol. The first-order valence-electron chi connectivity index (χ1n) is 7.24. The van der Waals surface area contributed by atoms with E-state index in [0.29, 0.717) is 24.8 Å². The Labute approximate surface area is 128 Å². The number of aromatic nitrogens is 2. The summed E-state index contributed by atoms with van der Waals surface area (Å²) in [5.74, 6) is 0.590. The van der Waals surface area contributed by atoms with Gasteiger partial charge in [0.05, 0.1) is 12.8 Å². The average Bonchev–Trinajstić information content (AvgIpc) is 2.56. The number of halogens is 1. The number of ether oxygens (including phenoxy) is 2. The molecule has 3 rings (SSSR count). The number of para-hydroxylation sites is 1. The molecule has 2 aromatic rings. The molecule has 0 fully saturated rings. The van der Waals surface area contributed by atoms with Crippen LogP contribution in [0.4, 0.5) is 4.39 Å². The van der Waals surface area contributed by atoms with Crippen LogP contribution in [0, 0.1) is 5.82 Å². The summed E-state index contributed by atoms with van der Waals surface area (Å²) in [6.07, 6.45) is 2.39. The quantitative estimate of drug-likeness (QED) is 0.846. The first-order chi connectivity index (χ1) is 10.8. The molecule has 1 aromatic carbocycles. The third-order valence-electron chi connectivity index (χ3n) is 3.74. The second-order valence-corrected chi connectivity index (χ2v) is 5.11. The number of methoxy groups -OCH3 is 1. The molecule has 0 spiro atoms. The van der Waals surface area contributed by atoms with Crippen LogP contribution < -0.4 is 9.47 Å². The number of fused-ring (bicyclic) bond motifs is 1. The molecule has 0 N–H and O–H groups in total. The lowest BCUT2D eigenvalue weighted by molar-refractivity contribution is 0.188. The summed E-state index contributed by atoms with van der Waals surface area (Å²) < 4.78 is 24.3. The highest BCUT2D eigenvalue weighted by molar-refractivity contribution is 5.31. The predicted molar refractivity (Wildman–Crippen MR) is 79.5 cm³/mol. The van der Waals surface area contributed by atoms with Crippen LogP contribution in [0.2, 0.25) is 0 Å². The highest BCUT2D eigenvalue weighted by Gasteiger charge is 2.21. The molecule has 0 atom stereocenters. The SMILES string of the molecule is COc1ncnc2c1CN(CCOc1ccccc1F)CC2. The van der Waals surface area contributed by atoms with Crippen molar-refractivity contribution in [1.82, 2.24) is 14.9 Å². The smallest absolute Gasteiger partial charge is 0.220 e. The number of hydrogen-bond acceptors (Lipinski definition) is 5. The Hall–Kier alpha value is -2.21. The second kappa shape index (κ2) is 6.70. The molecule has 0 aliphatic carbocycles. The molecule has 2 heterocycles. The van der Waals surface area contributed by atoms with E-state index in [-0.39, 0.29) is 5.82 Å². The number of nitrogens with zero attached hydrogens (tertiary/aromatic N) is 3. The summed E-state index contributed by atoms with van der Waals surface area (Å²) in [5, 5.41) is 0. The fourth-order valence-corrected chi connectivity index (χ4v) is 2.58. The molecule has 1 aromatic heterocycles. The lowest BCUT2D eigenvalue weighted by atomic mass is 10.1. The summed E-state index contributed by atoms with van der Waals surface area (Å²) in [4.78, 5) is 10.7. The lowest BCUT2D eigenvalue weighted by Crippen LogP contribution is -2.34. The van der Waals surface area contributed by atoms with Crippen LogP contribution in [0.1, 0.15) is 11.3 Å². The number of benzene rings is 1. The summed E-state index contributed by atoms with van der Waals surface area (Å²) in [6, 6.07) is 6.44. The average molecular weight is 303 g/mol. The number of rotatable bonds is 5. The molecule has 0 radical (unpaired) electrons. The summed E-state index contributed by atoms with van der Waals surface area (Å²) in [5.41, 5.74) is 2.07. The van der Waals surface area contributed by atoms with E-state index in [1.807, 2.05) is 0 Å². The molecule has 0 saturated heterocycles. The maximum atomic E-state index is 13.5. The van der Waals surface area contributed by atoms with E-state index in [4.69, 9.17) is 9.47 Å². The zero-order valence-corrected chi connectivity index (χ0v) is 12.5. The van der Waals surface area contributed by atoms with Crippen molar-refractivity contribution in [3.8, 4) is 11.6 Å². The van der Waals surface area contributed by atoms with Gasteiger partial charge in [-0.2, -0.15) is 0 Å². The van der Waals surface area contributed by atoms with E-state index >= 15 is 0 Å². The van der Waals surface area contributed by atoms with Crippen LogP contribution in [0.15, 0.2) is 30.6 Å². The highest BCUT2D eigenvalue weighted by Crippen LogP contribution is 2.24. The van der Waals surface area contributed by atoms with Gasteiger partial charge in [0.2, 0.25) is 5.88 Å². The van der Waals surface area contributed by atoms with Gasteiger partial charge in [0, 0.05) is 31.6 Å². The van der Waals surface area contributed by atoms with E-state index < -0.39 is 0 Å². The van der Waals surface area contributed by atoms with Gasteiger partial charge in [0.15, 0.2) is 11.6 Å². The zero-order valence-electron chi connectivity index (χ0n) is 12.5. The maximum absolute atomic E-state index is 13.5. The van der Waals surface area contributed by atoms with Gasteiger partial charge in [-0.1, -0.05) is 12.1 Å². The van der Waals surface area contributed by atoms with Crippen molar-refractivity contribution in [1.29, 1.82) is 0 Å². The first-order valence-corrected chi connectivity index (χ1v) is 7.24. The van der Waals surface area contributed by atoms with E-state index in [2.05, 4.69) is 14.9 Å². The molecule has 6 heteroatoms. The molecule has 5 nitrogen and oxygen atoms in total. The standard InChI is InChI=1S/C16H18FN3O2/c1-21-16-12-10-20(7-6-14(12)18-11-19-16)8-9-22-15-5-3-2-4-13(15)17/h2-5,11H,6-10H2,1H3. The van der Waals surface area contributed by atoms with E-state index in [0.717, 1.165) is 30.8 Å². The Balaban J connectivity index is 1.58. The summed E-state index contributed by atoms with van der Waals surface area (Å²) >= 11 is 0. The van der Waals surface area contributed by atoms with Crippen LogP contribution in [-0.2, 0) is 13.0 Å². The van der Waals surface area contributed by atoms with Crippen molar-refractivity contribution in [2.75, 3.05) is 26.8 Å². The van der Waals surface area contributed by atoms with Gasteiger partial charge in [-0.25, -0.2) is 14.4 Å². The van der Waals surface area contributed by atoms with Crippen molar-refractivity contribution in [3.63, 3.8) is 0 Å². The van der Waals surface area contributed by atoms with E-state index in [1.54, 1.807) is 25.3 Å². The zero-order chi connectivity index (χ0) is 15.4. The van der Waals surface area contributed by atoms with Crippen molar-refractivity contribution in [2.45, 2.75) is 13.0 Å². The van der Waals surface area contributed by atoms with Crippen LogP contribution in [0.5, 0.6) is 11.6 Å². The third-order valence-corrected chi connectivity index (χ3v) is 3.74. The minimum Gasteiger partial charge on any atom is -0.489 e. The van der Waals surface area contributed by atoms with Gasteiger partial charge >= 0.3 is 0 Å². The molecule has 0 bridgehead atoms. The monoisotopic (exact) mass is 303 g/mol. The summed E-state index contributed by atoms with van der Waals surface area (Å²) in [7, 11) is 1.61. The van der Waals surface area contributed by atoms with Gasteiger partial charge < -0.3 is 9.47 Å². The Morgan fingerprint density at radius 2 is 2.14 bits per heavy atom. The third kappa shape index (κ3) is 3.17. The predicted octanol–water partition coefficient (Wildman–Crippen LogP) is 2.06. The van der Waals surface area contributed by atoms with Crippen molar-refractivity contribution in [3.05, 3.63) is 47.7 Å². The normalized spacial score (nSPS) is 14.5. The van der Waals surface area contributed by atoms with Gasteiger partial charge in [0.25, 0.3) is 0 Å². The highest BCUT2D eigenvalue weighted by atomic mass is 19.1. The minimum absolute atomic E-state index is 0.292. The largest absolute Gasteiger partial charge is 0.489 e. The van der Waals surface area contributed by atoms with Gasteiger partial charge in [0.1, 0.15) is 12.9 Å². The molecule has 22 heavy (non-hydrogen) atoms. The Kier molecular flexibility index (Phi) is 4.48. The molecular formula is C16H18FN3O2. The minimum atomic E-state index is -0.332. The lowest BCUT2D eigenvalue weighted by Gasteiger charge is -2.28. The fraction of sp³-hybridized carbons (Fsp3) is 0.375. The molecule has 116 valence electrons. The van der Waals surface area contributed by atoms with E-state index in [1.165, 1.54) is 12.4 Å². The van der Waals surface area contributed by atoms with E-state index in [9.17, 15) is 4.39 Å². The van der Waals surface area contributed by atoms with Crippen molar-refractivity contribution < 1.29 is 13.9 Å². The molecule has 0 unspecified atom stereocenters. The van der Waals surface area contributed by atoms with Crippen LogP contribution >= 0.6 is 0 Å². The summed E-state index contributed by atoms with van der Waals surface area (Å²) in [6.45, 7) is 2.77. The van der Waals surface area contributed by atoms with Crippen LogP contribution in [0.3, 0.4) is 0 Å². The molecule has 1 aliphatic heterocycles. The van der Waals surface area contributed by atoms with Crippen molar-refractivity contribution in [2.24, 2.45) is 0 Å². The van der Waals surface area contributed by atoms with Crippen molar-refractivity contribution >= 4 is 0 Å². The van der Waals surface area contributed by atoms with Gasteiger partial charge in [-0.3, -0.25) is 4.90 Å². The van der Waals surface area contributed by atoms with Gasteiger partial charge in [-0.05, 0) is 12.1 Å². The Bertz CT molecular complexity index is 637. The fourth-order valence-electron chi connectivity index (χ4n) is 2.58. The molecule has 1 aliphatic rings. The Morgan fingerprint density at radius 3 is 2.95 bits per heavy atom. The van der Waals surface area contributed by atoms with Gasteiger partial charge in [-0.15, -0.1) is 0 Å².